The normalized spacial score (nSPS) is 16.5. The van der Waals surface area contributed by atoms with Crippen molar-refractivity contribution in [3.05, 3.63) is 35.7 Å². The van der Waals surface area contributed by atoms with E-state index in [9.17, 15) is 0 Å². The largest absolute Gasteiger partial charge is 0.486 e. The molecule has 24 heavy (non-hydrogen) atoms. The first kappa shape index (κ1) is 15.2. The van der Waals surface area contributed by atoms with Crippen LogP contribution in [0.4, 0.5) is 11.6 Å². The Kier molecular flexibility index (Phi) is 4.21. The molecule has 1 N–H and O–H groups in total. The summed E-state index contributed by atoms with van der Waals surface area (Å²) in [6.45, 7) is 6.56. The SMILES string of the molecule is CCCN1CCc2nc(Nc3ccc4c(c3)OCCO4)ncc2C1. The zero-order chi connectivity index (χ0) is 16.4. The summed E-state index contributed by atoms with van der Waals surface area (Å²) in [6, 6.07) is 5.80. The first-order chi connectivity index (χ1) is 11.8. The predicted molar refractivity (Wildman–Crippen MR) is 92.0 cm³/mol. The van der Waals surface area contributed by atoms with Crippen molar-refractivity contribution < 1.29 is 9.47 Å². The highest BCUT2D eigenvalue weighted by Crippen LogP contribution is 2.33. The van der Waals surface area contributed by atoms with Crippen molar-refractivity contribution in [3.63, 3.8) is 0 Å². The van der Waals surface area contributed by atoms with E-state index in [1.807, 2.05) is 24.4 Å². The molecule has 0 saturated carbocycles. The molecule has 2 aromatic rings. The van der Waals surface area contributed by atoms with Gasteiger partial charge in [-0.15, -0.1) is 0 Å². The van der Waals surface area contributed by atoms with E-state index < -0.39 is 0 Å². The molecule has 6 nitrogen and oxygen atoms in total. The minimum Gasteiger partial charge on any atom is -0.486 e. The lowest BCUT2D eigenvalue weighted by molar-refractivity contribution is 0.171. The average molecular weight is 326 g/mol. The van der Waals surface area contributed by atoms with Gasteiger partial charge in [-0.2, -0.15) is 0 Å². The smallest absolute Gasteiger partial charge is 0.227 e. The molecule has 0 spiro atoms. The van der Waals surface area contributed by atoms with E-state index in [2.05, 4.69) is 22.1 Å². The predicted octanol–water partition coefficient (Wildman–Crippen LogP) is 2.76. The van der Waals surface area contributed by atoms with E-state index in [4.69, 9.17) is 14.5 Å². The third-order valence-corrected chi connectivity index (χ3v) is 4.35. The Morgan fingerprint density at radius 3 is 2.96 bits per heavy atom. The van der Waals surface area contributed by atoms with Crippen molar-refractivity contribution in [1.82, 2.24) is 14.9 Å². The molecule has 1 aromatic heterocycles. The van der Waals surface area contributed by atoms with Gasteiger partial charge in [0.1, 0.15) is 13.2 Å². The molecule has 0 saturated heterocycles. The summed E-state index contributed by atoms with van der Waals surface area (Å²) >= 11 is 0. The maximum absolute atomic E-state index is 5.62. The van der Waals surface area contributed by atoms with E-state index in [-0.39, 0.29) is 0 Å². The third-order valence-electron chi connectivity index (χ3n) is 4.35. The van der Waals surface area contributed by atoms with Crippen LogP contribution in [-0.4, -0.2) is 41.2 Å². The van der Waals surface area contributed by atoms with Crippen LogP contribution in [0.3, 0.4) is 0 Å². The second-order valence-electron chi connectivity index (χ2n) is 6.18. The number of hydrogen-bond donors (Lipinski definition) is 1. The molecular formula is C18H22N4O2. The molecule has 1 aromatic carbocycles. The van der Waals surface area contributed by atoms with Crippen molar-refractivity contribution in [3.8, 4) is 11.5 Å². The molecule has 4 rings (SSSR count). The first-order valence-corrected chi connectivity index (χ1v) is 8.55. The van der Waals surface area contributed by atoms with Crippen LogP contribution >= 0.6 is 0 Å². The van der Waals surface area contributed by atoms with Crippen molar-refractivity contribution in [2.45, 2.75) is 26.3 Å². The molecule has 3 heterocycles. The number of nitrogens with one attached hydrogen (secondary N) is 1. The number of anilines is 2. The van der Waals surface area contributed by atoms with Gasteiger partial charge < -0.3 is 14.8 Å². The van der Waals surface area contributed by atoms with Gasteiger partial charge >= 0.3 is 0 Å². The second-order valence-corrected chi connectivity index (χ2v) is 6.18. The minimum absolute atomic E-state index is 0.583. The monoisotopic (exact) mass is 326 g/mol. The second kappa shape index (κ2) is 6.65. The highest BCUT2D eigenvalue weighted by Gasteiger charge is 2.18. The van der Waals surface area contributed by atoms with Gasteiger partial charge in [0.2, 0.25) is 5.95 Å². The number of aromatic nitrogens is 2. The molecule has 0 unspecified atom stereocenters. The van der Waals surface area contributed by atoms with Gasteiger partial charge in [0.25, 0.3) is 0 Å². The van der Waals surface area contributed by atoms with Crippen LogP contribution in [0, 0.1) is 0 Å². The fourth-order valence-corrected chi connectivity index (χ4v) is 3.19. The fraction of sp³-hybridized carbons (Fsp3) is 0.444. The lowest BCUT2D eigenvalue weighted by Crippen LogP contribution is -2.31. The zero-order valence-corrected chi connectivity index (χ0v) is 13.9. The van der Waals surface area contributed by atoms with Crippen LogP contribution in [0.25, 0.3) is 0 Å². The number of rotatable bonds is 4. The van der Waals surface area contributed by atoms with Crippen molar-refractivity contribution in [1.29, 1.82) is 0 Å². The van der Waals surface area contributed by atoms with Crippen LogP contribution in [0.2, 0.25) is 0 Å². The van der Waals surface area contributed by atoms with Crippen LogP contribution < -0.4 is 14.8 Å². The highest BCUT2D eigenvalue weighted by molar-refractivity contribution is 5.60. The molecule has 0 amide bonds. The van der Waals surface area contributed by atoms with Gasteiger partial charge in [0.05, 0.1) is 5.69 Å². The zero-order valence-electron chi connectivity index (χ0n) is 13.9. The Morgan fingerprint density at radius 2 is 2.08 bits per heavy atom. The van der Waals surface area contributed by atoms with Crippen molar-refractivity contribution >= 4 is 11.6 Å². The molecule has 6 heteroatoms. The Morgan fingerprint density at radius 1 is 1.21 bits per heavy atom. The number of fused-ring (bicyclic) bond motifs is 2. The summed E-state index contributed by atoms with van der Waals surface area (Å²) in [5, 5.41) is 3.27. The Balaban J connectivity index is 1.50. The maximum atomic E-state index is 5.62. The van der Waals surface area contributed by atoms with Crippen molar-refractivity contribution in [2.75, 3.05) is 31.6 Å². The first-order valence-electron chi connectivity index (χ1n) is 8.55. The molecule has 0 bridgehead atoms. The Bertz CT molecular complexity index is 735. The van der Waals surface area contributed by atoms with E-state index in [0.29, 0.717) is 19.2 Å². The summed E-state index contributed by atoms with van der Waals surface area (Å²) in [6.07, 6.45) is 4.11. The summed E-state index contributed by atoms with van der Waals surface area (Å²) < 4.78 is 11.2. The summed E-state index contributed by atoms with van der Waals surface area (Å²) in [4.78, 5) is 11.6. The fourth-order valence-electron chi connectivity index (χ4n) is 3.19. The van der Waals surface area contributed by atoms with Gasteiger partial charge in [0.15, 0.2) is 11.5 Å². The highest BCUT2D eigenvalue weighted by atomic mass is 16.6. The average Bonchev–Trinajstić information content (AvgIpc) is 2.62. The van der Waals surface area contributed by atoms with E-state index in [1.54, 1.807) is 0 Å². The van der Waals surface area contributed by atoms with Crippen molar-refractivity contribution in [2.24, 2.45) is 0 Å². The molecule has 0 fully saturated rings. The van der Waals surface area contributed by atoms with E-state index in [0.717, 1.165) is 48.9 Å². The van der Waals surface area contributed by atoms with Gasteiger partial charge in [-0.1, -0.05) is 6.92 Å². The third kappa shape index (κ3) is 3.14. The van der Waals surface area contributed by atoms with Crippen LogP contribution in [0.1, 0.15) is 24.6 Å². The molecule has 0 atom stereocenters. The minimum atomic E-state index is 0.583. The topological polar surface area (TPSA) is 59.5 Å². The van der Waals surface area contributed by atoms with Crippen LogP contribution in [0.15, 0.2) is 24.4 Å². The van der Waals surface area contributed by atoms with Gasteiger partial charge in [-0.3, -0.25) is 4.90 Å². The molecular weight excluding hydrogens is 304 g/mol. The van der Waals surface area contributed by atoms with Gasteiger partial charge in [-0.25, -0.2) is 9.97 Å². The van der Waals surface area contributed by atoms with E-state index >= 15 is 0 Å². The standard InChI is InChI=1S/C18H22N4O2/c1-2-6-22-7-5-15-13(12-22)11-19-18(21-15)20-14-3-4-16-17(10-14)24-9-8-23-16/h3-4,10-11H,2,5-9,12H2,1H3,(H,19,20,21). The number of hydrogen-bond acceptors (Lipinski definition) is 6. The number of ether oxygens (including phenoxy) is 2. The lowest BCUT2D eigenvalue weighted by atomic mass is 10.1. The lowest BCUT2D eigenvalue weighted by Gasteiger charge is -2.27. The molecule has 2 aliphatic heterocycles. The van der Waals surface area contributed by atoms with Crippen LogP contribution in [-0.2, 0) is 13.0 Å². The van der Waals surface area contributed by atoms with Gasteiger partial charge in [0, 0.05) is 43.0 Å². The molecule has 2 aliphatic rings. The summed E-state index contributed by atoms with van der Waals surface area (Å²) in [5.74, 6) is 2.18. The van der Waals surface area contributed by atoms with E-state index in [1.165, 1.54) is 12.0 Å². The number of nitrogens with zero attached hydrogens (tertiary/aromatic N) is 3. The molecule has 0 radical (unpaired) electrons. The maximum Gasteiger partial charge on any atom is 0.227 e. The molecule has 126 valence electrons. The quantitative estimate of drug-likeness (QED) is 0.932. The summed E-state index contributed by atoms with van der Waals surface area (Å²) in [5.41, 5.74) is 3.29. The van der Waals surface area contributed by atoms with Crippen LogP contribution in [0.5, 0.6) is 11.5 Å². The Labute approximate surface area is 141 Å². The summed E-state index contributed by atoms with van der Waals surface area (Å²) in [7, 11) is 0. The number of benzene rings is 1. The molecule has 0 aliphatic carbocycles. The Hall–Kier alpha value is -2.34. The van der Waals surface area contributed by atoms with Gasteiger partial charge in [-0.05, 0) is 25.1 Å².